The van der Waals surface area contributed by atoms with Gasteiger partial charge >= 0.3 is 0 Å². The van der Waals surface area contributed by atoms with Crippen molar-refractivity contribution in [2.45, 2.75) is 26.8 Å². The second-order valence-corrected chi connectivity index (χ2v) is 4.08. The molecular formula is C12H15FN4. The van der Waals surface area contributed by atoms with E-state index in [0.29, 0.717) is 17.1 Å². The summed E-state index contributed by atoms with van der Waals surface area (Å²) in [4.78, 5) is 4.21. The van der Waals surface area contributed by atoms with Gasteiger partial charge in [0.25, 0.3) is 0 Å². The number of aromatic nitrogens is 3. The van der Waals surface area contributed by atoms with Crippen LogP contribution < -0.4 is 5.73 Å². The van der Waals surface area contributed by atoms with Gasteiger partial charge in [-0.25, -0.2) is 14.1 Å². The molecule has 1 aromatic carbocycles. The summed E-state index contributed by atoms with van der Waals surface area (Å²) in [5.41, 5.74) is 6.92. The van der Waals surface area contributed by atoms with Crippen molar-refractivity contribution in [3.8, 4) is 5.69 Å². The SMILES string of the molecule is Cc1nc(C)n(-c2cccc(F)c2[C@H](C)N)n1. The third kappa shape index (κ3) is 2.06. The molecule has 0 saturated heterocycles. The molecule has 90 valence electrons. The second kappa shape index (κ2) is 4.25. The van der Waals surface area contributed by atoms with Gasteiger partial charge in [0.2, 0.25) is 0 Å². The maximum Gasteiger partial charge on any atom is 0.148 e. The van der Waals surface area contributed by atoms with E-state index in [9.17, 15) is 4.39 Å². The molecule has 0 amide bonds. The molecule has 1 atom stereocenters. The summed E-state index contributed by atoms with van der Waals surface area (Å²) >= 11 is 0. The average molecular weight is 234 g/mol. The summed E-state index contributed by atoms with van der Waals surface area (Å²) in [6.07, 6.45) is 0. The van der Waals surface area contributed by atoms with Crippen molar-refractivity contribution in [1.29, 1.82) is 0 Å². The molecule has 2 N–H and O–H groups in total. The molecule has 0 radical (unpaired) electrons. The molecule has 2 rings (SSSR count). The van der Waals surface area contributed by atoms with Crippen molar-refractivity contribution in [3.63, 3.8) is 0 Å². The minimum atomic E-state index is -0.393. The van der Waals surface area contributed by atoms with E-state index in [0.717, 1.165) is 5.82 Å². The van der Waals surface area contributed by atoms with E-state index in [1.165, 1.54) is 6.07 Å². The lowest BCUT2D eigenvalue weighted by molar-refractivity contribution is 0.588. The minimum Gasteiger partial charge on any atom is -0.324 e. The first-order valence-corrected chi connectivity index (χ1v) is 5.45. The highest BCUT2D eigenvalue weighted by Gasteiger charge is 2.16. The van der Waals surface area contributed by atoms with Crippen molar-refractivity contribution < 1.29 is 4.39 Å². The minimum absolute atomic E-state index is 0.315. The summed E-state index contributed by atoms with van der Waals surface area (Å²) in [5, 5.41) is 4.25. The second-order valence-electron chi connectivity index (χ2n) is 4.08. The van der Waals surface area contributed by atoms with Gasteiger partial charge in [0, 0.05) is 11.6 Å². The van der Waals surface area contributed by atoms with Gasteiger partial charge in [0.05, 0.1) is 5.69 Å². The first kappa shape index (κ1) is 11.7. The number of aryl methyl sites for hydroxylation is 2. The van der Waals surface area contributed by atoms with Gasteiger partial charge in [-0.05, 0) is 32.9 Å². The predicted molar refractivity (Wildman–Crippen MR) is 63.4 cm³/mol. The van der Waals surface area contributed by atoms with Crippen molar-refractivity contribution in [3.05, 3.63) is 41.2 Å². The Morgan fingerprint density at radius 1 is 1.35 bits per heavy atom. The van der Waals surface area contributed by atoms with E-state index < -0.39 is 6.04 Å². The van der Waals surface area contributed by atoms with Crippen molar-refractivity contribution in [1.82, 2.24) is 14.8 Å². The summed E-state index contributed by atoms with van der Waals surface area (Å²) in [6, 6.07) is 4.45. The van der Waals surface area contributed by atoms with Crippen LogP contribution in [0.4, 0.5) is 4.39 Å². The lowest BCUT2D eigenvalue weighted by Gasteiger charge is -2.14. The van der Waals surface area contributed by atoms with Crippen LogP contribution >= 0.6 is 0 Å². The van der Waals surface area contributed by atoms with E-state index in [4.69, 9.17) is 5.73 Å². The number of nitrogens with zero attached hydrogens (tertiary/aromatic N) is 3. The van der Waals surface area contributed by atoms with E-state index in [2.05, 4.69) is 10.1 Å². The number of halogens is 1. The highest BCUT2D eigenvalue weighted by Crippen LogP contribution is 2.23. The fraction of sp³-hybridized carbons (Fsp3) is 0.333. The van der Waals surface area contributed by atoms with E-state index in [1.807, 2.05) is 6.92 Å². The molecule has 0 bridgehead atoms. The Labute approximate surface area is 99.3 Å². The van der Waals surface area contributed by atoms with Gasteiger partial charge in [-0.1, -0.05) is 6.07 Å². The fourth-order valence-corrected chi connectivity index (χ4v) is 1.91. The van der Waals surface area contributed by atoms with Crippen LogP contribution in [0.5, 0.6) is 0 Å². The van der Waals surface area contributed by atoms with Gasteiger partial charge in [0.1, 0.15) is 17.5 Å². The summed E-state index contributed by atoms with van der Waals surface area (Å²) in [6.45, 7) is 5.38. The molecule has 0 spiro atoms. The van der Waals surface area contributed by atoms with Gasteiger partial charge in [0.15, 0.2) is 0 Å². The Morgan fingerprint density at radius 3 is 2.59 bits per heavy atom. The molecule has 0 aliphatic carbocycles. The third-order valence-electron chi connectivity index (χ3n) is 2.59. The molecule has 0 fully saturated rings. The lowest BCUT2D eigenvalue weighted by Crippen LogP contribution is -2.13. The smallest absolute Gasteiger partial charge is 0.148 e. The number of nitrogens with two attached hydrogens (primary N) is 1. The van der Waals surface area contributed by atoms with Crippen LogP contribution in [-0.4, -0.2) is 14.8 Å². The number of hydrogen-bond acceptors (Lipinski definition) is 3. The van der Waals surface area contributed by atoms with Gasteiger partial charge < -0.3 is 5.73 Å². The van der Waals surface area contributed by atoms with E-state index in [1.54, 1.807) is 30.7 Å². The largest absolute Gasteiger partial charge is 0.324 e. The Kier molecular flexibility index (Phi) is 2.93. The molecule has 0 aliphatic heterocycles. The highest BCUT2D eigenvalue weighted by molar-refractivity contribution is 5.43. The molecule has 5 heteroatoms. The maximum atomic E-state index is 13.8. The zero-order valence-electron chi connectivity index (χ0n) is 10.1. The molecule has 1 heterocycles. The average Bonchev–Trinajstić information content (AvgIpc) is 2.56. The first-order valence-electron chi connectivity index (χ1n) is 5.45. The Bertz CT molecular complexity index is 545. The lowest BCUT2D eigenvalue weighted by atomic mass is 10.1. The number of benzene rings is 1. The maximum absolute atomic E-state index is 13.8. The Morgan fingerprint density at radius 2 is 2.06 bits per heavy atom. The predicted octanol–water partition coefficient (Wildman–Crippen LogP) is 2.04. The number of hydrogen-bond donors (Lipinski definition) is 1. The van der Waals surface area contributed by atoms with Crippen LogP contribution in [-0.2, 0) is 0 Å². The molecular weight excluding hydrogens is 219 g/mol. The summed E-state index contributed by atoms with van der Waals surface area (Å²) in [7, 11) is 0. The van der Waals surface area contributed by atoms with E-state index in [-0.39, 0.29) is 5.82 Å². The van der Waals surface area contributed by atoms with Crippen molar-refractivity contribution >= 4 is 0 Å². The molecule has 1 aromatic heterocycles. The standard InChI is InChI=1S/C12H15FN4/c1-7(14)12-10(13)5-4-6-11(12)17-9(3)15-8(2)16-17/h4-7H,14H2,1-3H3/t7-/m0/s1. The van der Waals surface area contributed by atoms with Crippen LogP contribution in [0.15, 0.2) is 18.2 Å². The number of rotatable bonds is 2. The topological polar surface area (TPSA) is 56.7 Å². The molecule has 0 aliphatic rings. The van der Waals surface area contributed by atoms with Crippen LogP contribution in [0.3, 0.4) is 0 Å². The van der Waals surface area contributed by atoms with Crippen molar-refractivity contribution in [2.24, 2.45) is 5.73 Å². The highest BCUT2D eigenvalue weighted by atomic mass is 19.1. The van der Waals surface area contributed by atoms with Crippen LogP contribution in [0, 0.1) is 19.7 Å². The van der Waals surface area contributed by atoms with Gasteiger partial charge in [-0.2, -0.15) is 5.10 Å². The fourth-order valence-electron chi connectivity index (χ4n) is 1.91. The molecule has 4 nitrogen and oxygen atoms in total. The normalized spacial score (nSPS) is 12.8. The van der Waals surface area contributed by atoms with Crippen LogP contribution in [0.25, 0.3) is 5.69 Å². The summed E-state index contributed by atoms with van der Waals surface area (Å²) < 4.78 is 15.4. The van der Waals surface area contributed by atoms with Crippen molar-refractivity contribution in [2.75, 3.05) is 0 Å². The van der Waals surface area contributed by atoms with Gasteiger partial charge in [-0.3, -0.25) is 0 Å². The Hall–Kier alpha value is -1.75. The zero-order valence-corrected chi connectivity index (χ0v) is 10.1. The molecule has 17 heavy (non-hydrogen) atoms. The zero-order chi connectivity index (χ0) is 12.6. The quantitative estimate of drug-likeness (QED) is 0.865. The first-order chi connectivity index (χ1) is 8.00. The third-order valence-corrected chi connectivity index (χ3v) is 2.59. The van der Waals surface area contributed by atoms with E-state index >= 15 is 0 Å². The van der Waals surface area contributed by atoms with Gasteiger partial charge in [-0.15, -0.1) is 0 Å². The van der Waals surface area contributed by atoms with Crippen LogP contribution in [0.2, 0.25) is 0 Å². The molecule has 0 saturated carbocycles. The molecule has 0 unspecified atom stereocenters. The summed E-state index contributed by atoms with van der Waals surface area (Å²) in [5.74, 6) is 1.06. The van der Waals surface area contributed by atoms with Crippen LogP contribution in [0.1, 0.15) is 30.2 Å². The molecule has 2 aromatic rings. The Balaban J connectivity index is 2.67. The monoisotopic (exact) mass is 234 g/mol.